The third-order valence-electron chi connectivity index (χ3n) is 4.70. The molecule has 2 fully saturated rings. The monoisotopic (exact) mass is 346 g/mol. The maximum atomic E-state index is 13.1. The Bertz CT molecular complexity index is 547. The number of amides is 1. The van der Waals surface area contributed by atoms with Crippen molar-refractivity contribution >= 4 is 29.9 Å². The molecule has 2 heterocycles. The van der Waals surface area contributed by atoms with Gasteiger partial charge in [0.25, 0.3) is 0 Å². The van der Waals surface area contributed by atoms with Crippen LogP contribution in [0.4, 0.5) is 4.39 Å². The van der Waals surface area contributed by atoms with Gasteiger partial charge in [-0.05, 0) is 43.5 Å². The fourth-order valence-corrected chi connectivity index (χ4v) is 3.74. The van der Waals surface area contributed by atoms with Gasteiger partial charge in [0.15, 0.2) is 0 Å². The third kappa shape index (κ3) is 3.73. The number of hydrogen-bond acceptors (Lipinski definition) is 2. The summed E-state index contributed by atoms with van der Waals surface area (Å²) in [7, 11) is 0. The topological polar surface area (TPSA) is 32.3 Å². The van der Waals surface area contributed by atoms with Crippen LogP contribution in [0, 0.1) is 11.2 Å². The fourth-order valence-electron chi connectivity index (χ4n) is 3.50. The Morgan fingerprint density at radius 1 is 1.41 bits per heavy atom. The Morgan fingerprint density at radius 2 is 2.23 bits per heavy atom. The van der Waals surface area contributed by atoms with Crippen molar-refractivity contribution in [3.8, 4) is 0 Å². The highest BCUT2D eigenvalue weighted by atomic mass is 35.5. The van der Waals surface area contributed by atoms with Crippen molar-refractivity contribution in [2.24, 2.45) is 5.41 Å². The molecular weight excluding hydrogens is 326 g/mol. The molecule has 22 heavy (non-hydrogen) atoms. The Kier molecular flexibility index (Phi) is 5.70. The van der Waals surface area contributed by atoms with Crippen LogP contribution in [0.5, 0.6) is 0 Å². The number of carbonyl (C=O) groups excluding carboxylic acids is 1. The van der Waals surface area contributed by atoms with Gasteiger partial charge in [-0.25, -0.2) is 4.39 Å². The van der Waals surface area contributed by atoms with Gasteiger partial charge >= 0.3 is 0 Å². The van der Waals surface area contributed by atoms with Crippen LogP contribution in [-0.4, -0.2) is 37.0 Å². The van der Waals surface area contributed by atoms with Crippen LogP contribution in [-0.2, 0) is 11.2 Å². The average Bonchev–Trinajstić information content (AvgIpc) is 2.90. The van der Waals surface area contributed by atoms with E-state index in [9.17, 15) is 9.18 Å². The highest BCUT2D eigenvalue weighted by Crippen LogP contribution is 2.35. The van der Waals surface area contributed by atoms with Gasteiger partial charge in [0, 0.05) is 30.1 Å². The standard InChI is InChI=1S/C16H20ClFN2O.ClH/c17-14-9-13(18)3-2-12(14)8-15(21)20-7-1-4-16(11-20)5-6-19-10-16;/h2-3,9,19H,1,4-8,10-11H2;1H. The van der Waals surface area contributed by atoms with Gasteiger partial charge in [0.05, 0.1) is 6.42 Å². The molecule has 0 saturated carbocycles. The Balaban J connectivity index is 0.00000176. The molecule has 0 aliphatic carbocycles. The van der Waals surface area contributed by atoms with Gasteiger partial charge < -0.3 is 10.2 Å². The zero-order chi connectivity index (χ0) is 14.9. The van der Waals surface area contributed by atoms with E-state index in [2.05, 4.69) is 5.32 Å². The number of piperidine rings is 1. The van der Waals surface area contributed by atoms with E-state index in [-0.39, 0.29) is 36.0 Å². The number of rotatable bonds is 2. The molecule has 3 nitrogen and oxygen atoms in total. The maximum Gasteiger partial charge on any atom is 0.227 e. The first-order valence-corrected chi connectivity index (χ1v) is 7.88. The van der Waals surface area contributed by atoms with Gasteiger partial charge in [-0.15, -0.1) is 12.4 Å². The smallest absolute Gasteiger partial charge is 0.227 e. The normalized spacial score (nSPS) is 24.4. The van der Waals surface area contributed by atoms with Crippen molar-refractivity contribution in [3.05, 3.63) is 34.6 Å². The van der Waals surface area contributed by atoms with Crippen LogP contribution in [0.25, 0.3) is 0 Å². The summed E-state index contributed by atoms with van der Waals surface area (Å²) < 4.78 is 13.1. The van der Waals surface area contributed by atoms with E-state index >= 15 is 0 Å². The minimum absolute atomic E-state index is 0. The zero-order valence-corrected chi connectivity index (χ0v) is 14.0. The molecule has 1 spiro atoms. The molecule has 0 radical (unpaired) electrons. The molecule has 2 aliphatic heterocycles. The second-order valence-electron chi connectivity index (χ2n) is 6.26. The first-order valence-electron chi connectivity index (χ1n) is 7.50. The summed E-state index contributed by atoms with van der Waals surface area (Å²) in [5, 5.41) is 3.74. The van der Waals surface area contributed by atoms with E-state index in [1.807, 2.05) is 4.90 Å². The molecule has 1 N–H and O–H groups in total. The van der Waals surface area contributed by atoms with Gasteiger partial charge in [-0.1, -0.05) is 17.7 Å². The maximum absolute atomic E-state index is 13.1. The van der Waals surface area contributed by atoms with E-state index in [0.29, 0.717) is 10.6 Å². The first-order chi connectivity index (χ1) is 10.1. The number of likely N-dealkylation sites (tertiary alicyclic amines) is 1. The van der Waals surface area contributed by atoms with E-state index < -0.39 is 0 Å². The van der Waals surface area contributed by atoms with Crippen molar-refractivity contribution in [2.75, 3.05) is 26.2 Å². The quantitative estimate of drug-likeness (QED) is 0.892. The molecule has 2 saturated heterocycles. The van der Waals surface area contributed by atoms with E-state index in [1.165, 1.54) is 18.6 Å². The van der Waals surface area contributed by atoms with Crippen molar-refractivity contribution in [1.82, 2.24) is 10.2 Å². The molecule has 122 valence electrons. The molecule has 0 bridgehead atoms. The molecule has 1 aromatic rings. The van der Waals surface area contributed by atoms with Gasteiger partial charge in [-0.3, -0.25) is 4.79 Å². The van der Waals surface area contributed by atoms with Crippen LogP contribution in [0.15, 0.2) is 18.2 Å². The number of carbonyl (C=O) groups is 1. The largest absolute Gasteiger partial charge is 0.342 e. The number of hydrogen-bond donors (Lipinski definition) is 1. The van der Waals surface area contributed by atoms with Gasteiger partial charge in [0.1, 0.15) is 5.82 Å². The van der Waals surface area contributed by atoms with Crippen LogP contribution < -0.4 is 5.32 Å². The van der Waals surface area contributed by atoms with E-state index in [0.717, 1.165) is 39.0 Å². The molecule has 1 amide bonds. The third-order valence-corrected chi connectivity index (χ3v) is 5.05. The summed E-state index contributed by atoms with van der Waals surface area (Å²) >= 11 is 6.01. The summed E-state index contributed by atoms with van der Waals surface area (Å²) in [5.74, 6) is -0.278. The van der Waals surface area contributed by atoms with Gasteiger partial charge in [0.2, 0.25) is 5.91 Å². The van der Waals surface area contributed by atoms with Crippen LogP contribution in [0.2, 0.25) is 5.02 Å². The summed E-state index contributed by atoms with van der Waals surface area (Å²) in [6.45, 7) is 3.71. The van der Waals surface area contributed by atoms with Crippen LogP contribution in [0.3, 0.4) is 0 Å². The summed E-state index contributed by atoms with van der Waals surface area (Å²) in [4.78, 5) is 14.5. The Labute approximate surface area is 141 Å². The molecule has 1 atom stereocenters. The number of benzene rings is 1. The Hall–Kier alpha value is -0.840. The van der Waals surface area contributed by atoms with Crippen LogP contribution in [0.1, 0.15) is 24.8 Å². The predicted molar refractivity (Wildman–Crippen MR) is 88.1 cm³/mol. The molecule has 1 unspecified atom stereocenters. The van der Waals surface area contributed by atoms with Crippen LogP contribution >= 0.6 is 24.0 Å². The van der Waals surface area contributed by atoms with E-state index in [4.69, 9.17) is 11.6 Å². The second-order valence-corrected chi connectivity index (χ2v) is 6.67. The van der Waals surface area contributed by atoms with Crippen molar-refractivity contribution in [2.45, 2.75) is 25.7 Å². The highest BCUT2D eigenvalue weighted by molar-refractivity contribution is 6.31. The first kappa shape index (κ1) is 17.5. The number of halogens is 3. The SMILES string of the molecule is Cl.O=C(Cc1ccc(F)cc1Cl)N1CCCC2(CCNC2)C1. The molecule has 3 rings (SSSR count). The molecule has 1 aromatic carbocycles. The molecule has 2 aliphatic rings. The lowest BCUT2D eigenvalue weighted by atomic mass is 9.79. The predicted octanol–water partition coefficient (Wildman–Crippen LogP) is 3.05. The summed E-state index contributed by atoms with van der Waals surface area (Å²) in [6.07, 6.45) is 3.66. The molecule has 6 heteroatoms. The van der Waals surface area contributed by atoms with E-state index in [1.54, 1.807) is 6.07 Å². The van der Waals surface area contributed by atoms with Gasteiger partial charge in [-0.2, -0.15) is 0 Å². The molecule has 0 aromatic heterocycles. The summed E-state index contributed by atoms with van der Waals surface area (Å²) in [6, 6.07) is 4.22. The Morgan fingerprint density at radius 3 is 2.91 bits per heavy atom. The lowest BCUT2D eigenvalue weighted by Gasteiger charge is -2.40. The number of nitrogens with one attached hydrogen (secondary N) is 1. The minimum Gasteiger partial charge on any atom is -0.342 e. The minimum atomic E-state index is -0.370. The lowest BCUT2D eigenvalue weighted by Crippen LogP contribution is -2.47. The number of nitrogens with zero attached hydrogens (tertiary/aromatic N) is 1. The fraction of sp³-hybridized carbons (Fsp3) is 0.562. The van der Waals surface area contributed by atoms with Crippen molar-refractivity contribution in [3.63, 3.8) is 0 Å². The molecular formula is C16H21Cl2FN2O. The highest BCUT2D eigenvalue weighted by Gasteiger charge is 2.39. The van der Waals surface area contributed by atoms with Crippen molar-refractivity contribution < 1.29 is 9.18 Å². The second kappa shape index (κ2) is 7.16. The lowest BCUT2D eigenvalue weighted by molar-refractivity contribution is -0.133. The summed E-state index contributed by atoms with van der Waals surface area (Å²) in [5.41, 5.74) is 0.966. The average molecular weight is 347 g/mol. The van der Waals surface area contributed by atoms with Crippen molar-refractivity contribution in [1.29, 1.82) is 0 Å². The zero-order valence-electron chi connectivity index (χ0n) is 12.4.